The van der Waals surface area contributed by atoms with Gasteiger partial charge in [-0.3, -0.25) is 0 Å². The summed E-state index contributed by atoms with van der Waals surface area (Å²) in [5.74, 6) is 0. The highest BCUT2D eigenvalue weighted by Crippen LogP contribution is 2.05. The summed E-state index contributed by atoms with van der Waals surface area (Å²) in [5, 5.41) is 2.45. The van der Waals surface area contributed by atoms with Crippen LogP contribution in [0.3, 0.4) is 0 Å². The molecule has 0 bridgehead atoms. The first-order chi connectivity index (χ1) is 8.45. The topological polar surface area (TPSA) is 58.2 Å². The first-order valence-electron chi connectivity index (χ1n) is 6.15. The molecule has 1 aromatic rings. The van der Waals surface area contributed by atoms with Crippen molar-refractivity contribution < 1.29 is 8.42 Å². The van der Waals surface area contributed by atoms with Crippen LogP contribution in [0.2, 0.25) is 0 Å². The van der Waals surface area contributed by atoms with Gasteiger partial charge in [0.05, 0.1) is 5.25 Å². The van der Waals surface area contributed by atoms with Crippen molar-refractivity contribution in [3.05, 3.63) is 35.9 Å². The standard InChI is InChI=1S/C13H22N2O2S/c1-11(9-13-7-5-4-6-8-13)15-18(16,17)12(2)10-14-3/h4-8,11-12,14-15H,9-10H2,1-3H3. The van der Waals surface area contributed by atoms with Crippen molar-refractivity contribution >= 4 is 10.0 Å². The highest BCUT2D eigenvalue weighted by atomic mass is 32.2. The predicted octanol–water partition coefficient (Wildman–Crippen LogP) is 1.14. The molecule has 0 spiro atoms. The lowest BCUT2D eigenvalue weighted by Gasteiger charge is -2.18. The average Bonchev–Trinajstić information content (AvgIpc) is 2.29. The Kier molecular flexibility index (Phi) is 5.78. The van der Waals surface area contributed by atoms with Gasteiger partial charge in [-0.05, 0) is 32.9 Å². The molecule has 4 nitrogen and oxygen atoms in total. The van der Waals surface area contributed by atoms with Crippen molar-refractivity contribution in [1.29, 1.82) is 0 Å². The molecule has 1 rings (SSSR count). The van der Waals surface area contributed by atoms with Crippen LogP contribution in [0.25, 0.3) is 0 Å². The highest BCUT2D eigenvalue weighted by molar-refractivity contribution is 7.90. The van der Waals surface area contributed by atoms with Crippen LogP contribution in [-0.4, -0.2) is 33.3 Å². The number of hydrogen-bond donors (Lipinski definition) is 2. The van der Waals surface area contributed by atoms with E-state index in [4.69, 9.17) is 0 Å². The number of sulfonamides is 1. The van der Waals surface area contributed by atoms with Crippen molar-refractivity contribution in [2.45, 2.75) is 31.6 Å². The SMILES string of the molecule is CNCC(C)S(=O)(=O)NC(C)Cc1ccccc1. The molecule has 1 aromatic carbocycles. The summed E-state index contributed by atoms with van der Waals surface area (Å²) in [6.07, 6.45) is 0.701. The zero-order valence-electron chi connectivity index (χ0n) is 11.2. The quantitative estimate of drug-likeness (QED) is 0.781. The van der Waals surface area contributed by atoms with E-state index in [9.17, 15) is 8.42 Å². The number of nitrogens with one attached hydrogen (secondary N) is 2. The Morgan fingerprint density at radius 2 is 1.78 bits per heavy atom. The monoisotopic (exact) mass is 270 g/mol. The van der Waals surface area contributed by atoms with E-state index in [-0.39, 0.29) is 6.04 Å². The summed E-state index contributed by atoms with van der Waals surface area (Å²) in [6.45, 7) is 4.04. The summed E-state index contributed by atoms with van der Waals surface area (Å²) in [5.41, 5.74) is 1.13. The smallest absolute Gasteiger partial charge is 0.215 e. The molecule has 5 heteroatoms. The van der Waals surface area contributed by atoms with Gasteiger partial charge in [-0.2, -0.15) is 0 Å². The Hall–Kier alpha value is -0.910. The lowest BCUT2D eigenvalue weighted by molar-refractivity contribution is 0.544. The maximum Gasteiger partial charge on any atom is 0.215 e. The molecule has 0 aromatic heterocycles. The third-order valence-electron chi connectivity index (χ3n) is 2.77. The van der Waals surface area contributed by atoms with Gasteiger partial charge < -0.3 is 5.32 Å². The van der Waals surface area contributed by atoms with Crippen molar-refractivity contribution in [3.8, 4) is 0 Å². The number of benzene rings is 1. The zero-order chi connectivity index (χ0) is 13.6. The van der Waals surface area contributed by atoms with Crippen molar-refractivity contribution in [2.24, 2.45) is 0 Å². The largest absolute Gasteiger partial charge is 0.318 e. The molecular weight excluding hydrogens is 248 g/mol. The van der Waals surface area contributed by atoms with Crippen LogP contribution in [0.5, 0.6) is 0 Å². The van der Waals surface area contributed by atoms with Gasteiger partial charge in [0.25, 0.3) is 0 Å². The first kappa shape index (κ1) is 15.1. The minimum atomic E-state index is -3.25. The van der Waals surface area contributed by atoms with Crippen LogP contribution in [-0.2, 0) is 16.4 Å². The van der Waals surface area contributed by atoms with Gasteiger partial charge in [0.15, 0.2) is 0 Å². The van der Waals surface area contributed by atoms with E-state index in [1.807, 2.05) is 37.3 Å². The molecule has 0 fully saturated rings. The van der Waals surface area contributed by atoms with Gasteiger partial charge in [0.2, 0.25) is 10.0 Å². The third kappa shape index (κ3) is 4.76. The number of hydrogen-bond acceptors (Lipinski definition) is 3. The molecule has 0 aliphatic carbocycles. The van der Waals surface area contributed by atoms with Gasteiger partial charge in [-0.25, -0.2) is 13.1 Å². The molecule has 2 unspecified atom stereocenters. The summed E-state index contributed by atoms with van der Waals surface area (Å²) in [6, 6.07) is 9.77. The normalized spacial score (nSPS) is 15.3. The van der Waals surface area contributed by atoms with E-state index in [0.29, 0.717) is 13.0 Å². The van der Waals surface area contributed by atoms with Crippen molar-refractivity contribution in [1.82, 2.24) is 10.0 Å². The van der Waals surface area contributed by atoms with Gasteiger partial charge in [0, 0.05) is 12.6 Å². The van der Waals surface area contributed by atoms with Gasteiger partial charge in [0.1, 0.15) is 0 Å². The molecule has 0 aliphatic heterocycles. The van der Waals surface area contributed by atoms with Crippen LogP contribution in [0.4, 0.5) is 0 Å². The minimum absolute atomic E-state index is 0.100. The highest BCUT2D eigenvalue weighted by Gasteiger charge is 2.21. The summed E-state index contributed by atoms with van der Waals surface area (Å²) in [7, 11) is -1.50. The Morgan fingerprint density at radius 3 is 2.33 bits per heavy atom. The van der Waals surface area contributed by atoms with E-state index >= 15 is 0 Å². The molecular formula is C13H22N2O2S. The zero-order valence-corrected chi connectivity index (χ0v) is 12.0. The second-order valence-corrected chi connectivity index (χ2v) is 6.75. The third-order valence-corrected chi connectivity index (χ3v) is 4.73. The molecule has 2 N–H and O–H groups in total. The minimum Gasteiger partial charge on any atom is -0.318 e. The molecule has 0 saturated heterocycles. The summed E-state index contributed by atoms with van der Waals surface area (Å²) < 4.78 is 26.7. The van der Waals surface area contributed by atoms with Gasteiger partial charge in [-0.15, -0.1) is 0 Å². The van der Waals surface area contributed by atoms with Crippen LogP contribution >= 0.6 is 0 Å². The second kappa shape index (κ2) is 6.87. The van der Waals surface area contributed by atoms with E-state index < -0.39 is 15.3 Å². The van der Waals surface area contributed by atoms with Crippen LogP contribution in [0, 0.1) is 0 Å². The lowest BCUT2D eigenvalue weighted by Crippen LogP contribution is -2.42. The van der Waals surface area contributed by atoms with Gasteiger partial charge in [-0.1, -0.05) is 30.3 Å². The number of rotatable bonds is 7. The fraction of sp³-hybridized carbons (Fsp3) is 0.538. The fourth-order valence-corrected chi connectivity index (χ4v) is 3.07. The maximum absolute atomic E-state index is 12.0. The molecule has 0 amide bonds. The van der Waals surface area contributed by atoms with Gasteiger partial charge >= 0.3 is 0 Å². The first-order valence-corrected chi connectivity index (χ1v) is 7.70. The van der Waals surface area contributed by atoms with E-state index in [1.165, 1.54) is 0 Å². The molecule has 0 heterocycles. The Bertz CT molecular complexity index is 445. The molecule has 0 aliphatic rings. The van der Waals surface area contributed by atoms with E-state index in [1.54, 1.807) is 14.0 Å². The Morgan fingerprint density at radius 1 is 1.17 bits per heavy atom. The van der Waals surface area contributed by atoms with Crippen molar-refractivity contribution in [2.75, 3.05) is 13.6 Å². The molecule has 0 radical (unpaired) electrons. The van der Waals surface area contributed by atoms with Crippen molar-refractivity contribution in [3.63, 3.8) is 0 Å². The molecule has 102 valence electrons. The summed E-state index contributed by atoms with van der Waals surface area (Å²) in [4.78, 5) is 0. The van der Waals surface area contributed by atoms with E-state index in [0.717, 1.165) is 5.56 Å². The van der Waals surface area contributed by atoms with E-state index in [2.05, 4.69) is 10.0 Å². The molecule has 18 heavy (non-hydrogen) atoms. The van der Waals surface area contributed by atoms with Crippen LogP contribution in [0.1, 0.15) is 19.4 Å². The lowest BCUT2D eigenvalue weighted by atomic mass is 10.1. The fourth-order valence-electron chi connectivity index (χ4n) is 1.80. The Labute approximate surface area is 110 Å². The maximum atomic E-state index is 12.0. The average molecular weight is 270 g/mol. The van der Waals surface area contributed by atoms with Crippen LogP contribution in [0.15, 0.2) is 30.3 Å². The summed E-state index contributed by atoms with van der Waals surface area (Å²) >= 11 is 0. The predicted molar refractivity (Wildman–Crippen MR) is 75.1 cm³/mol. The molecule has 0 saturated carbocycles. The second-order valence-electron chi connectivity index (χ2n) is 4.62. The molecule has 2 atom stereocenters. The Balaban J connectivity index is 2.57. The van der Waals surface area contributed by atoms with Crippen LogP contribution < -0.4 is 10.0 Å².